The number of phenols is 2. The lowest BCUT2D eigenvalue weighted by molar-refractivity contribution is 0.320. The van der Waals surface area contributed by atoms with Crippen molar-refractivity contribution >= 4 is 0 Å². The zero-order valence-electron chi connectivity index (χ0n) is 13.9. The minimum absolute atomic E-state index is 0.103. The number of phenolic OH excluding ortho intramolecular Hbond substituents is 2. The molecule has 0 spiro atoms. The van der Waals surface area contributed by atoms with E-state index in [-0.39, 0.29) is 17.5 Å². The first kappa shape index (κ1) is 16.3. The van der Waals surface area contributed by atoms with Crippen LogP contribution in [0.15, 0.2) is 24.3 Å². The number of aromatic hydroxyl groups is 2. The van der Waals surface area contributed by atoms with Crippen LogP contribution in [-0.2, 0) is 6.42 Å². The van der Waals surface area contributed by atoms with Gasteiger partial charge in [-0.05, 0) is 41.8 Å². The molecule has 6 heteroatoms. The summed E-state index contributed by atoms with van der Waals surface area (Å²) in [5.41, 5.74) is 2.77. The lowest BCUT2D eigenvalue weighted by Gasteiger charge is -2.29. The molecule has 1 atom stereocenters. The predicted octanol–water partition coefficient (Wildman–Crippen LogP) is 2.36. The van der Waals surface area contributed by atoms with Crippen LogP contribution in [0.1, 0.15) is 22.7 Å². The molecule has 0 unspecified atom stereocenters. The molecule has 0 saturated carbocycles. The Hall–Kier alpha value is -2.60. The maximum atomic E-state index is 9.90. The number of ether oxygens (including phenoxy) is 3. The van der Waals surface area contributed by atoms with Crippen LogP contribution in [0, 0.1) is 0 Å². The first-order valence-electron chi connectivity index (χ1n) is 7.67. The number of methoxy groups -OCH3 is 3. The Morgan fingerprint density at radius 2 is 1.62 bits per heavy atom. The number of rotatable bonds is 4. The van der Waals surface area contributed by atoms with Crippen LogP contribution in [-0.4, -0.2) is 38.1 Å². The second-order valence-corrected chi connectivity index (χ2v) is 5.60. The van der Waals surface area contributed by atoms with Crippen molar-refractivity contribution in [1.29, 1.82) is 0 Å². The van der Waals surface area contributed by atoms with Gasteiger partial charge in [0.1, 0.15) is 0 Å². The first-order chi connectivity index (χ1) is 11.6. The fraction of sp³-hybridized carbons (Fsp3) is 0.333. The van der Waals surface area contributed by atoms with Gasteiger partial charge < -0.3 is 29.7 Å². The van der Waals surface area contributed by atoms with Gasteiger partial charge in [0, 0.05) is 12.1 Å². The van der Waals surface area contributed by atoms with Gasteiger partial charge >= 0.3 is 0 Å². The first-order valence-corrected chi connectivity index (χ1v) is 7.67. The summed E-state index contributed by atoms with van der Waals surface area (Å²) >= 11 is 0. The molecule has 24 heavy (non-hydrogen) atoms. The lowest BCUT2D eigenvalue weighted by atomic mass is 9.88. The predicted molar refractivity (Wildman–Crippen MR) is 89.4 cm³/mol. The third-order valence-corrected chi connectivity index (χ3v) is 4.34. The van der Waals surface area contributed by atoms with Gasteiger partial charge in [0.05, 0.1) is 27.4 Å². The van der Waals surface area contributed by atoms with Crippen molar-refractivity contribution < 1.29 is 24.4 Å². The van der Waals surface area contributed by atoms with Gasteiger partial charge in [-0.15, -0.1) is 0 Å². The monoisotopic (exact) mass is 331 g/mol. The standard InChI is InChI=1S/C18H21NO5/c1-22-15-5-4-11(17(23-2)18(15)24-3)16-12-9-14(21)13(20)8-10(12)6-7-19-16/h4-5,8-9,16,19-21H,6-7H2,1-3H3/t16-/m0/s1. The number of hydrogen-bond donors (Lipinski definition) is 3. The fourth-order valence-corrected chi connectivity index (χ4v) is 3.21. The molecule has 3 rings (SSSR count). The van der Waals surface area contributed by atoms with Crippen LogP contribution in [0.5, 0.6) is 28.7 Å². The molecule has 2 aromatic carbocycles. The number of benzene rings is 2. The summed E-state index contributed by atoms with van der Waals surface area (Å²) in [5.74, 6) is 1.45. The quantitative estimate of drug-likeness (QED) is 0.747. The number of hydrogen-bond acceptors (Lipinski definition) is 6. The minimum atomic E-state index is -0.185. The van der Waals surface area contributed by atoms with Crippen molar-refractivity contribution in [2.45, 2.75) is 12.5 Å². The molecule has 0 radical (unpaired) electrons. The highest BCUT2D eigenvalue weighted by molar-refractivity contribution is 5.60. The molecule has 0 aliphatic carbocycles. The average Bonchev–Trinajstić information content (AvgIpc) is 2.60. The van der Waals surface area contributed by atoms with Crippen molar-refractivity contribution in [3.05, 3.63) is 41.0 Å². The Labute approximate surface area is 140 Å². The zero-order valence-corrected chi connectivity index (χ0v) is 13.9. The lowest BCUT2D eigenvalue weighted by Crippen LogP contribution is -2.30. The molecule has 0 saturated heterocycles. The van der Waals surface area contributed by atoms with Gasteiger partial charge in [0.15, 0.2) is 23.0 Å². The third-order valence-electron chi connectivity index (χ3n) is 4.34. The highest BCUT2D eigenvalue weighted by Gasteiger charge is 2.28. The second-order valence-electron chi connectivity index (χ2n) is 5.60. The van der Waals surface area contributed by atoms with Gasteiger partial charge in [-0.25, -0.2) is 0 Å². The van der Waals surface area contributed by atoms with Gasteiger partial charge in [-0.2, -0.15) is 0 Å². The molecular formula is C18H21NO5. The smallest absolute Gasteiger partial charge is 0.203 e. The highest BCUT2D eigenvalue weighted by Crippen LogP contribution is 2.45. The van der Waals surface area contributed by atoms with E-state index in [2.05, 4.69) is 5.32 Å². The second kappa shape index (κ2) is 6.49. The van der Waals surface area contributed by atoms with E-state index < -0.39 is 0 Å². The van der Waals surface area contributed by atoms with Crippen molar-refractivity contribution in [2.75, 3.05) is 27.9 Å². The summed E-state index contributed by atoms with van der Waals surface area (Å²) in [6.07, 6.45) is 0.773. The van der Waals surface area contributed by atoms with E-state index in [1.54, 1.807) is 33.5 Å². The molecule has 6 nitrogen and oxygen atoms in total. The van der Waals surface area contributed by atoms with Crippen LogP contribution in [0.2, 0.25) is 0 Å². The Balaban J connectivity index is 2.16. The van der Waals surface area contributed by atoms with Crippen LogP contribution >= 0.6 is 0 Å². The van der Waals surface area contributed by atoms with Crippen LogP contribution in [0.25, 0.3) is 0 Å². The Morgan fingerprint density at radius 3 is 2.29 bits per heavy atom. The van der Waals surface area contributed by atoms with E-state index in [0.717, 1.165) is 29.7 Å². The Bertz CT molecular complexity index is 760. The van der Waals surface area contributed by atoms with E-state index in [1.807, 2.05) is 12.1 Å². The van der Waals surface area contributed by atoms with Crippen LogP contribution in [0.4, 0.5) is 0 Å². The third kappa shape index (κ3) is 2.59. The summed E-state index contributed by atoms with van der Waals surface area (Å²) in [7, 11) is 4.72. The number of fused-ring (bicyclic) bond motifs is 1. The van der Waals surface area contributed by atoms with Gasteiger partial charge in [0.2, 0.25) is 5.75 Å². The average molecular weight is 331 g/mol. The molecule has 2 aromatic rings. The summed E-state index contributed by atoms with van der Waals surface area (Å²) in [5, 5.41) is 23.1. The number of nitrogens with one attached hydrogen (secondary N) is 1. The molecule has 1 aliphatic rings. The van der Waals surface area contributed by atoms with E-state index in [1.165, 1.54) is 0 Å². The SMILES string of the molecule is COc1ccc([C@@H]2NCCc3cc(O)c(O)cc32)c(OC)c1OC. The van der Waals surface area contributed by atoms with Gasteiger partial charge in [0.25, 0.3) is 0 Å². The summed E-state index contributed by atoms with van der Waals surface area (Å²) in [6.45, 7) is 0.749. The van der Waals surface area contributed by atoms with Gasteiger partial charge in [-0.1, -0.05) is 0 Å². The Morgan fingerprint density at radius 1 is 0.917 bits per heavy atom. The molecular weight excluding hydrogens is 310 g/mol. The minimum Gasteiger partial charge on any atom is -0.504 e. The fourth-order valence-electron chi connectivity index (χ4n) is 3.21. The summed E-state index contributed by atoms with van der Waals surface area (Å²) in [6, 6.07) is 6.77. The van der Waals surface area contributed by atoms with Crippen LogP contribution < -0.4 is 19.5 Å². The topological polar surface area (TPSA) is 80.2 Å². The molecule has 1 aliphatic heterocycles. The van der Waals surface area contributed by atoms with Crippen LogP contribution in [0.3, 0.4) is 0 Å². The largest absolute Gasteiger partial charge is 0.504 e. The van der Waals surface area contributed by atoms with Crippen molar-refractivity contribution in [2.24, 2.45) is 0 Å². The molecule has 1 heterocycles. The molecule has 0 bridgehead atoms. The van der Waals surface area contributed by atoms with E-state index >= 15 is 0 Å². The van der Waals surface area contributed by atoms with Crippen molar-refractivity contribution in [3.63, 3.8) is 0 Å². The Kier molecular flexibility index (Phi) is 4.40. The molecule has 0 amide bonds. The van der Waals surface area contributed by atoms with E-state index in [0.29, 0.717) is 17.2 Å². The molecule has 128 valence electrons. The van der Waals surface area contributed by atoms with Crippen molar-refractivity contribution in [3.8, 4) is 28.7 Å². The molecule has 3 N–H and O–H groups in total. The highest BCUT2D eigenvalue weighted by atomic mass is 16.5. The summed E-state index contributed by atoms with van der Waals surface area (Å²) < 4.78 is 16.4. The summed E-state index contributed by atoms with van der Waals surface area (Å²) in [4.78, 5) is 0. The maximum absolute atomic E-state index is 9.90. The zero-order chi connectivity index (χ0) is 17.3. The maximum Gasteiger partial charge on any atom is 0.203 e. The van der Waals surface area contributed by atoms with Crippen molar-refractivity contribution in [1.82, 2.24) is 5.32 Å². The van der Waals surface area contributed by atoms with E-state index in [4.69, 9.17) is 14.2 Å². The normalized spacial score (nSPS) is 16.4. The van der Waals surface area contributed by atoms with E-state index in [9.17, 15) is 10.2 Å². The van der Waals surface area contributed by atoms with Gasteiger partial charge in [-0.3, -0.25) is 0 Å². The molecule has 0 aromatic heterocycles. The molecule has 0 fully saturated rings.